The van der Waals surface area contributed by atoms with Gasteiger partial charge < -0.3 is 4.74 Å². The third-order valence-electron chi connectivity index (χ3n) is 4.99. The van der Waals surface area contributed by atoms with Crippen LogP contribution in [0.4, 0.5) is 0 Å². The summed E-state index contributed by atoms with van der Waals surface area (Å²) in [6, 6.07) is 0.211. The second-order valence-electron chi connectivity index (χ2n) is 6.21. The van der Waals surface area contributed by atoms with Crippen molar-refractivity contribution in [3.63, 3.8) is 0 Å². The molecule has 0 spiro atoms. The number of ether oxygens (including phenoxy) is 1. The first-order valence-electron chi connectivity index (χ1n) is 7.70. The van der Waals surface area contributed by atoms with Gasteiger partial charge in [0.1, 0.15) is 0 Å². The van der Waals surface area contributed by atoms with Crippen LogP contribution in [-0.4, -0.2) is 56.9 Å². The fourth-order valence-electron chi connectivity index (χ4n) is 3.67. The van der Waals surface area contributed by atoms with E-state index in [4.69, 9.17) is 4.74 Å². The molecule has 1 saturated carbocycles. The predicted molar refractivity (Wildman–Crippen MR) is 79.7 cm³/mol. The first-order chi connectivity index (χ1) is 9.48. The third kappa shape index (κ3) is 3.18. The first-order valence-corrected chi connectivity index (χ1v) is 9.10. The van der Waals surface area contributed by atoms with Gasteiger partial charge in [-0.15, -0.1) is 0 Å². The number of hydrogen-bond acceptors (Lipinski definition) is 3. The topological polar surface area (TPSA) is 49.9 Å². The summed E-state index contributed by atoms with van der Waals surface area (Å²) in [6.45, 7) is 3.81. The Morgan fingerprint density at radius 2 is 1.95 bits per heavy atom. The van der Waals surface area contributed by atoms with Crippen LogP contribution in [0.2, 0.25) is 0 Å². The number of likely N-dealkylation sites (N-methyl/N-ethyl adjacent to an activating group) is 1. The normalized spacial score (nSPS) is 32.3. The van der Waals surface area contributed by atoms with Gasteiger partial charge in [-0.05, 0) is 31.1 Å². The molecule has 3 atom stereocenters. The Balaban J connectivity index is 2.13. The van der Waals surface area contributed by atoms with Crippen LogP contribution in [0, 0.1) is 11.8 Å². The Labute approximate surface area is 123 Å². The molecule has 0 aromatic heterocycles. The van der Waals surface area contributed by atoms with Crippen molar-refractivity contribution in [1.82, 2.24) is 8.61 Å². The van der Waals surface area contributed by atoms with Crippen molar-refractivity contribution in [2.24, 2.45) is 11.8 Å². The quantitative estimate of drug-likeness (QED) is 0.777. The van der Waals surface area contributed by atoms with E-state index in [1.54, 1.807) is 18.5 Å². The summed E-state index contributed by atoms with van der Waals surface area (Å²) < 4.78 is 33.7. The number of methoxy groups -OCH3 is 1. The maximum Gasteiger partial charge on any atom is 0.282 e. The molecule has 2 fully saturated rings. The summed E-state index contributed by atoms with van der Waals surface area (Å²) in [6.07, 6.45) is 5.59. The number of hydrogen-bond donors (Lipinski definition) is 0. The van der Waals surface area contributed by atoms with E-state index in [0.29, 0.717) is 31.5 Å². The van der Waals surface area contributed by atoms with Crippen molar-refractivity contribution < 1.29 is 13.2 Å². The highest BCUT2D eigenvalue weighted by Gasteiger charge is 2.43. The summed E-state index contributed by atoms with van der Waals surface area (Å²) >= 11 is 0. The van der Waals surface area contributed by atoms with E-state index in [0.717, 1.165) is 19.3 Å². The van der Waals surface area contributed by atoms with Gasteiger partial charge in [0, 0.05) is 33.3 Å². The summed E-state index contributed by atoms with van der Waals surface area (Å²) in [5.74, 6) is 1.19. The van der Waals surface area contributed by atoms with Crippen LogP contribution >= 0.6 is 0 Å². The molecule has 1 saturated heterocycles. The van der Waals surface area contributed by atoms with Crippen LogP contribution in [0.5, 0.6) is 0 Å². The fraction of sp³-hybridized carbons (Fsp3) is 1.00. The summed E-state index contributed by atoms with van der Waals surface area (Å²) in [4.78, 5) is 0. The average molecular weight is 304 g/mol. The lowest BCUT2D eigenvalue weighted by Crippen LogP contribution is -2.55. The minimum atomic E-state index is -3.34. The molecule has 0 radical (unpaired) electrons. The molecule has 0 aromatic rings. The average Bonchev–Trinajstić information content (AvgIpc) is 2.45. The van der Waals surface area contributed by atoms with Gasteiger partial charge >= 0.3 is 0 Å². The van der Waals surface area contributed by atoms with Crippen LogP contribution in [0.25, 0.3) is 0 Å². The minimum absolute atomic E-state index is 0.211. The van der Waals surface area contributed by atoms with Gasteiger partial charge in [0.25, 0.3) is 10.2 Å². The number of fused-ring (bicyclic) bond motifs is 1. The van der Waals surface area contributed by atoms with Crippen LogP contribution < -0.4 is 0 Å². The van der Waals surface area contributed by atoms with Gasteiger partial charge in [0.15, 0.2) is 0 Å². The molecule has 0 bridgehead atoms. The Hall–Kier alpha value is -0.170. The van der Waals surface area contributed by atoms with Crippen molar-refractivity contribution in [2.75, 3.05) is 33.9 Å². The second kappa shape index (κ2) is 6.73. The van der Waals surface area contributed by atoms with E-state index in [1.165, 1.54) is 17.1 Å². The van der Waals surface area contributed by atoms with E-state index in [9.17, 15) is 8.42 Å². The molecule has 2 rings (SSSR count). The Morgan fingerprint density at radius 1 is 1.25 bits per heavy atom. The van der Waals surface area contributed by atoms with Gasteiger partial charge in [-0.25, -0.2) is 0 Å². The van der Waals surface area contributed by atoms with E-state index in [-0.39, 0.29) is 6.04 Å². The van der Waals surface area contributed by atoms with Crippen LogP contribution in [0.15, 0.2) is 0 Å². The predicted octanol–water partition coefficient (Wildman–Crippen LogP) is 1.71. The van der Waals surface area contributed by atoms with Crippen molar-refractivity contribution in [3.8, 4) is 0 Å². The Kier molecular flexibility index (Phi) is 5.45. The summed E-state index contributed by atoms with van der Waals surface area (Å²) in [5.41, 5.74) is 0. The SMILES string of the molecule is COCCN(C)S(=O)(=O)N1CC[C@H](C)[C@@H]2CCCC[C@H]21. The highest BCUT2D eigenvalue weighted by molar-refractivity contribution is 7.86. The van der Waals surface area contributed by atoms with Crippen LogP contribution in [0.3, 0.4) is 0 Å². The molecule has 5 nitrogen and oxygen atoms in total. The molecule has 0 unspecified atom stereocenters. The van der Waals surface area contributed by atoms with E-state index in [1.807, 2.05) is 0 Å². The molecule has 2 aliphatic rings. The van der Waals surface area contributed by atoms with Gasteiger partial charge in [-0.2, -0.15) is 17.0 Å². The zero-order valence-electron chi connectivity index (χ0n) is 12.9. The Morgan fingerprint density at radius 3 is 2.65 bits per heavy atom. The largest absolute Gasteiger partial charge is 0.383 e. The maximum atomic E-state index is 12.7. The van der Waals surface area contributed by atoms with E-state index < -0.39 is 10.2 Å². The van der Waals surface area contributed by atoms with E-state index in [2.05, 4.69) is 6.92 Å². The third-order valence-corrected chi connectivity index (χ3v) is 7.00. The number of piperidine rings is 1. The maximum absolute atomic E-state index is 12.7. The van der Waals surface area contributed by atoms with Crippen LogP contribution in [-0.2, 0) is 14.9 Å². The molecular formula is C14H28N2O3S. The molecule has 1 aliphatic heterocycles. The fourth-order valence-corrected chi connectivity index (χ4v) is 5.28. The number of rotatable bonds is 5. The standard InChI is InChI=1S/C14H28N2O3S/c1-12-8-9-16(14-7-5-4-6-13(12)14)20(17,18)15(2)10-11-19-3/h12-14H,4-11H2,1-3H3/t12-,13-,14+/m0/s1. The summed E-state index contributed by atoms with van der Waals surface area (Å²) in [7, 11) is -0.0870. The molecular weight excluding hydrogens is 276 g/mol. The minimum Gasteiger partial charge on any atom is -0.383 e. The zero-order valence-corrected chi connectivity index (χ0v) is 13.7. The summed E-state index contributed by atoms with van der Waals surface area (Å²) in [5, 5.41) is 0. The van der Waals surface area contributed by atoms with Crippen molar-refractivity contribution >= 4 is 10.2 Å². The molecule has 0 N–H and O–H groups in total. The van der Waals surface area contributed by atoms with Crippen molar-refractivity contribution in [1.29, 1.82) is 0 Å². The lowest BCUT2D eigenvalue weighted by atomic mass is 9.74. The molecule has 0 amide bonds. The zero-order chi connectivity index (χ0) is 14.8. The van der Waals surface area contributed by atoms with Crippen molar-refractivity contribution in [3.05, 3.63) is 0 Å². The van der Waals surface area contributed by atoms with E-state index >= 15 is 0 Å². The Bertz CT molecular complexity index is 413. The molecule has 118 valence electrons. The molecule has 6 heteroatoms. The smallest absolute Gasteiger partial charge is 0.282 e. The molecule has 20 heavy (non-hydrogen) atoms. The van der Waals surface area contributed by atoms with Gasteiger partial charge in [-0.1, -0.05) is 19.8 Å². The van der Waals surface area contributed by atoms with Crippen molar-refractivity contribution in [2.45, 2.75) is 45.1 Å². The first kappa shape index (κ1) is 16.2. The highest BCUT2D eigenvalue weighted by Crippen LogP contribution is 2.40. The molecule has 1 aliphatic carbocycles. The second-order valence-corrected chi connectivity index (χ2v) is 8.20. The lowest BCUT2D eigenvalue weighted by Gasteiger charge is -2.47. The molecule has 0 aromatic carbocycles. The molecule has 1 heterocycles. The van der Waals surface area contributed by atoms with Gasteiger partial charge in [0.05, 0.1) is 6.61 Å². The monoisotopic (exact) mass is 304 g/mol. The van der Waals surface area contributed by atoms with Gasteiger partial charge in [-0.3, -0.25) is 0 Å². The highest BCUT2D eigenvalue weighted by atomic mass is 32.2. The lowest BCUT2D eigenvalue weighted by molar-refractivity contribution is 0.0773. The number of nitrogens with zero attached hydrogens (tertiary/aromatic N) is 2. The van der Waals surface area contributed by atoms with Crippen LogP contribution in [0.1, 0.15) is 39.0 Å². The van der Waals surface area contributed by atoms with Gasteiger partial charge in [0.2, 0.25) is 0 Å².